The summed E-state index contributed by atoms with van der Waals surface area (Å²) in [4.78, 5) is 12.2. The second kappa shape index (κ2) is 8.13. The number of hydrogen-bond acceptors (Lipinski definition) is 6. The van der Waals surface area contributed by atoms with Crippen molar-refractivity contribution >= 4 is 21.8 Å². The predicted octanol–water partition coefficient (Wildman–Crippen LogP) is 2.77. The zero-order valence-corrected chi connectivity index (χ0v) is 15.6. The van der Waals surface area contributed by atoms with Crippen LogP contribution in [0.2, 0.25) is 0 Å². The Morgan fingerprint density at radius 3 is 2.44 bits per heavy atom. The third-order valence-corrected chi connectivity index (χ3v) is 5.62. The third kappa shape index (κ3) is 5.24. The van der Waals surface area contributed by atoms with Crippen LogP contribution in [0.5, 0.6) is 0 Å². The van der Waals surface area contributed by atoms with E-state index in [0.29, 0.717) is 12.3 Å². The molecule has 8 heteroatoms. The molecule has 0 aliphatic heterocycles. The van der Waals surface area contributed by atoms with Gasteiger partial charge in [-0.05, 0) is 24.6 Å². The molecule has 0 aliphatic carbocycles. The van der Waals surface area contributed by atoms with E-state index in [1.54, 1.807) is 12.1 Å². The molecule has 0 aliphatic rings. The number of rotatable bonds is 7. The zero-order chi connectivity index (χ0) is 19.3. The summed E-state index contributed by atoms with van der Waals surface area (Å²) in [6.45, 7) is 1.88. The van der Waals surface area contributed by atoms with Gasteiger partial charge in [0.15, 0.2) is 9.84 Å². The maximum Gasteiger partial charge on any atom is 0.322 e. The summed E-state index contributed by atoms with van der Waals surface area (Å²) in [5.74, 6) is -0.434. The Hall–Kier alpha value is -3.00. The van der Waals surface area contributed by atoms with E-state index in [9.17, 15) is 13.2 Å². The SMILES string of the molecule is Cc1ccc(S(=O)(=O)CCC(=O)Nc2nnc(Cc3ccccc3)o2)cc1. The number of hydrogen-bond donors (Lipinski definition) is 1. The summed E-state index contributed by atoms with van der Waals surface area (Å²) < 4.78 is 29.9. The normalized spacial score (nSPS) is 11.3. The molecule has 0 spiro atoms. The molecular formula is C19H19N3O4S. The Morgan fingerprint density at radius 1 is 1.04 bits per heavy atom. The summed E-state index contributed by atoms with van der Waals surface area (Å²) >= 11 is 0. The highest BCUT2D eigenvalue weighted by Gasteiger charge is 2.17. The molecule has 0 unspecified atom stereocenters. The number of benzene rings is 2. The maximum atomic E-state index is 12.3. The first-order chi connectivity index (χ1) is 12.9. The number of carbonyl (C=O) groups is 1. The number of nitrogens with one attached hydrogen (secondary N) is 1. The second-order valence-corrected chi connectivity index (χ2v) is 8.20. The number of sulfone groups is 1. The van der Waals surface area contributed by atoms with Crippen molar-refractivity contribution < 1.29 is 17.6 Å². The topological polar surface area (TPSA) is 102 Å². The van der Waals surface area contributed by atoms with Crippen LogP contribution in [0.1, 0.15) is 23.4 Å². The van der Waals surface area contributed by atoms with Crippen molar-refractivity contribution in [1.82, 2.24) is 10.2 Å². The quantitative estimate of drug-likeness (QED) is 0.671. The number of anilines is 1. The molecule has 1 aromatic heterocycles. The van der Waals surface area contributed by atoms with Gasteiger partial charge in [-0.15, -0.1) is 5.10 Å². The van der Waals surface area contributed by atoms with Gasteiger partial charge in [0.25, 0.3) is 0 Å². The molecule has 0 bridgehead atoms. The van der Waals surface area contributed by atoms with Crippen molar-refractivity contribution in [3.8, 4) is 0 Å². The maximum absolute atomic E-state index is 12.3. The van der Waals surface area contributed by atoms with E-state index in [1.807, 2.05) is 37.3 Å². The first-order valence-corrected chi connectivity index (χ1v) is 10.0. The summed E-state index contributed by atoms with van der Waals surface area (Å²) in [5.41, 5.74) is 1.97. The molecule has 2 aromatic carbocycles. The molecule has 1 amide bonds. The van der Waals surface area contributed by atoms with Crippen LogP contribution in [0.4, 0.5) is 6.01 Å². The van der Waals surface area contributed by atoms with E-state index in [2.05, 4.69) is 15.5 Å². The van der Waals surface area contributed by atoms with Crippen LogP contribution in [0.3, 0.4) is 0 Å². The minimum Gasteiger partial charge on any atom is -0.407 e. The van der Waals surface area contributed by atoms with Crippen LogP contribution in [0.25, 0.3) is 0 Å². The van der Waals surface area contributed by atoms with Gasteiger partial charge in [0, 0.05) is 6.42 Å². The largest absolute Gasteiger partial charge is 0.407 e. The number of amides is 1. The molecule has 3 rings (SSSR count). The molecule has 0 fully saturated rings. The van der Waals surface area contributed by atoms with E-state index in [1.165, 1.54) is 12.1 Å². The predicted molar refractivity (Wildman–Crippen MR) is 100 cm³/mol. The van der Waals surface area contributed by atoms with Gasteiger partial charge < -0.3 is 4.42 Å². The summed E-state index contributed by atoms with van der Waals surface area (Å²) in [6.07, 6.45) is 0.248. The highest BCUT2D eigenvalue weighted by Crippen LogP contribution is 2.14. The monoisotopic (exact) mass is 385 g/mol. The average molecular weight is 385 g/mol. The molecule has 3 aromatic rings. The van der Waals surface area contributed by atoms with Gasteiger partial charge >= 0.3 is 6.01 Å². The fourth-order valence-corrected chi connectivity index (χ4v) is 3.66. The lowest BCUT2D eigenvalue weighted by atomic mass is 10.2. The molecular weight excluding hydrogens is 366 g/mol. The van der Waals surface area contributed by atoms with Crippen LogP contribution in [0.15, 0.2) is 63.9 Å². The van der Waals surface area contributed by atoms with Gasteiger partial charge in [-0.3, -0.25) is 10.1 Å². The lowest BCUT2D eigenvalue weighted by Gasteiger charge is -2.04. The van der Waals surface area contributed by atoms with Crippen molar-refractivity contribution in [3.05, 3.63) is 71.6 Å². The summed E-state index contributed by atoms with van der Waals surface area (Å²) in [6, 6.07) is 16.1. The molecule has 0 saturated heterocycles. The van der Waals surface area contributed by atoms with E-state index in [0.717, 1.165) is 11.1 Å². The zero-order valence-electron chi connectivity index (χ0n) is 14.8. The van der Waals surface area contributed by atoms with Crippen molar-refractivity contribution in [2.24, 2.45) is 0 Å². The Kier molecular flexibility index (Phi) is 5.66. The molecule has 7 nitrogen and oxygen atoms in total. The second-order valence-electron chi connectivity index (χ2n) is 6.09. The highest BCUT2D eigenvalue weighted by atomic mass is 32.2. The average Bonchev–Trinajstić information content (AvgIpc) is 3.08. The van der Waals surface area contributed by atoms with E-state index in [4.69, 9.17) is 4.42 Å². The number of aromatic nitrogens is 2. The third-order valence-electron chi connectivity index (χ3n) is 3.89. The number of nitrogens with zero attached hydrogens (tertiary/aromatic N) is 2. The smallest absolute Gasteiger partial charge is 0.322 e. The van der Waals surface area contributed by atoms with Gasteiger partial charge in [0.05, 0.1) is 17.1 Å². The van der Waals surface area contributed by atoms with Crippen LogP contribution >= 0.6 is 0 Å². The minimum atomic E-state index is -3.53. The highest BCUT2D eigenvalue weighted by molar-refractivity contribution is 7.91. The van der Waals surface area contributed by atoms with Crippen molar-refractivity contribution in [2.75, 3.05) is 11.1 Å². The molecule has 27 heavy (non-hydrogen) atoms. The van der Waals surface area contributed by atoms with Crippen molar-refractivity contribution in [2.45, 2.75) is 24.7 Å². The van der Waals surface area contributed by atoms with Crippen LogP contribution in [-0.2, 0) is 21.1 Å². The summed E-state index contributed by atoms with van der Waals surface area (Å²) in [7, 11) is -3.53. The molecule has 140 valence electrons. The van der Waals surface area contributed by atoms with E-state index < -0.39 is 15.7 Å². The standard InChI is InChI=1S/C19H19N3O4S/c1-14-7-9-16(10-8-14)27(24,25)12-11-17(23)20-19-22-21-18(26-19)13-15-5-3-2-4-6-15/h2-10H,11-13H2,1H3,(H,20,22,23). The molecule has 0 radical (unpaired) electrons. The Bertz CT molecular complexity index is 1010. The fraction of sp³-hybridized carbons (Fsp3) is 0.211. The minimum absolute atomic E-state index is 0.0429. The van der Waals surface area contributed by atoms with E-state index in [-0.39, 0.29) is 23.1 Å². The van der Waals surface area contributed by atoms with E-state index >= 15 is 0 Å². The van der Waals surface area contributed by atoms with Crippen molar-refractivity contribution in [1.29, 1.82) is 0 Å². The molecule has 1 heterocycles. The van der Waals surface area contributed by atoms with Crippen molar-refractivity contribution in [3.63, 3.8) is 0 Å². The number of carbonyl (C=O) groups excluding carboxylic acids is 1. The first-order valence-electron chi connectivity index (χ1n) is 8.38. The molecule has 0 atom stereocenters. The van der Waals surface area contributed by atoms with Crippen LogP contribution < -0.4 is 5.32 Å². The van der Waals surface area contributed by atoms with Gasteiger partial charge in [0.1, 0.15) is 0 Å². The number of aryl methyl sites for hydroxylation is 1. The fourth-order valence-electron chi connectivity index (χ4n) is 2.42. The lowest BCUT2D eigenvalue weighted by Crippen LogP contribution is -2.17. The Morgan fingerprint density at radius 2 is 1.74 bits per heavy atom. The van der Waals surface area contributed by atoms with Gasteiger partial charge in [-0.1, -0.05) is 53.1 Å². The van der Waals surface area contributed by atoms with Crippen LogP contribution in [0, 0.1) is 6.92 Å². The van der Waals surface area contributed by atoms with Gasteiger partial charge in [-0.2, -0.15) is 0 Å². The van der Waals surface area contributed by atoms with Gasteiger partial charge in [0.2, 0.25) is 11.8 Å². The lowest BCUT2D eigenvalue weighted by molar-refractivity contribution is -0.116. The first kappa shape index (κ1) is 18.8. The van der Waals surface area contributed by atoms with Crippen LogP contribution in [-0.4, -0.2) is 30.3 Å². The summed E-state index contributed by atoms with van der Waals surface area (Å²) in [5, 5.41) is 10.1. The Labute approximate surface area is 157 Å². The van der Waals surface area contributed by atoms with Gasteiger partial charge in [-0.25, -0.2) is 8.42 Å². The Balaban J connectivity index is 1.54. The molecule has 0 saturated carbocycles. The molecule has 1 N–H and O–H groups in total.